The van der Waals surface area contributed by atoms with Gasteiger partial charge in [0.2, 0.25) is 0 Å². The molecule has 0 spiro atoms. The van der Waals surface area contributed by atoms with Gasteiger partial charge in [-0.15, -0.1) is 0 Å². The minimum absolute atomic E-state index is 0.135. The summed E-state index contributed by atoms with van der Waals surface area (Å²) in [7, 11) is 0. The minimum Gasteiger partial charge on any atom is -0.351 e. The molecule has 4 N–H and O–H groups in total. The fourth-order valence-corrected chi connectivity index (χ4v) is 1.86. The number of nitrogens with one attached hydrogen (secondary N) is 2. The number of nitrogen functional groups attached to an aromatic ring is 1. The summed E-state index contributed by atoms with van der Waals surface area (Å²) in [5.41, 5.74) is 4.14. The number of aromatic nitrogens is 1. The van der Waals surface area contributed by atoms with E-state index in [4.69, 9.17) is 5.84 Å². The van der Waals surface area contributed by atoms with Crippen LogP contribution in [0.15, 0.2) is 48.7 Å². The Morgan fingerprint density at radius 3 is 2.60 bits per heavy atom. The highest BCUT2D eigenvalue weighted by molar-refractivity contribution is 5.94. The number of nitrogens with zero attached hydrogens (tertiary/aromatic N) is 1. The van der Waals surface area contributed by atoms with Crippen molar-refractivity contribution in [3.05, 3.63) is 59.8 Å². The van der Waals surface area contributed by atoms with E-state index in [1.54, 1.807) is 12.1 Å². The van der Waals surface area contributed by atoms with Crippen LogP contribution in [0.5, 0.6) is 0 Å². The van der Waals surface area contributed by atoms with Crippen LogP contribution < -0.4 is 16.6 Å². The smallest absolute Gasteiger partial charge is 0.252 e. The Kier molecular flexibility index (Phi) is 4.68. The molecule has 0 aliphatic carbocycles. The maximum Gasteiger partial charge on any atom is 0.252 e. The first kappa shape index (κ1) is 14.0. The van der Waals surface area contributed by atoms with Gasteiger partial charge in [-0.3, -0.25) is 4.79 Å². The number of nitrogens with two attached hydrogens (primary N) is 1. The van der Waals surface area contributed by atoms with Gasteiger partial charge in [0, 0.05) is 12.7 Å². The van der Waals surface area contributed by atoms with Crippen molar-refractivity contribution in [2.24, 2.45) is 5.84 Å². The standard InChI is InChI=1S/C15H18N4O/c1-11(12-5-3-2-4-6-12)9-18-15(20)13-7-8-14(19-16)17-10-13/h2-8,10-11H,9,16H2,1H3,(H,17,19)(H,18,20). The molecule has 0 bridgehead atoms. The molecule has 5 heteroatoms. The number of rotatable bonds is 5. The third-order valence-corrected chi connectivity index (χ3v) is 3.11. The monoisotopic (exact) mass is 270 g/mol. The van der Waals surface area contributed by atoms with Crippen molar-refractivity contribution in [1.82, 2.24) is 10.3 Å². The fourth-order valence-electron chi connectivity index (χ4n) is 1.86. The molecule has 1 amide bonds. The van der Waals surface area contributed by atoms with Gasteiger partial charge in [0.1, 0.15) is 5.82 Å². The van der Waals surface area contributed by atoms with Crippen LogP contribution in [0.2, 0.25) is 0 Å². The van der Waals surface area contributed by atoms with E-state index in [1.165, 1.54) is 11.8 Å². The van der Waals surface area contributed by atoms with Crippen LogP contribution in [0, 0.1) is 0 Å². The predicted molar refractivity (Wildman–Crippen MR) is 79.2 cm³/mol. The summed E-state index contributed by atoms with van der Waals surface area (Å²) in [5, 5.41) is 2.90. The predicted octanol–water partition coefficient (Wildman–Crippen LogP) is 1.90. The van der Waals surface area contributed by atoms with Crippen molar-refractivity contribution >= 4 is 11.7 Å². The van der Waals surface area contributed by atoms with Gasteiger partial charge in [-0.25, -0.2) is 10.8 Å². The number of carbonyl (C=O) groups excluding carboxylic acids is 1. The normalized spacial score (nSPS) is 11.7. The van der Waals surface area contributed by atoms with E-state index in [0.717, 1.165) is 0 Å². The summed E-state index contributed by atoms with van der Waals surface area (Å²) < 4.78 is 0. The molecule has 0 aliphatic rings. The first-order chi connectivity index (χ1) is 9.70. The van der Waals surface area contributed by atoms with Crippen LogP contribution in [0.25, 0.3) is 0 Å². The fraction of sp³-hybridized carbons (Fsp3) is 0.200. The molecule has 0 fully saturated rings. The van der Waals surface area contributed by atoms with Crippen LogP contribution in [-0.4, -0.2) is 17.4 Å². The molecule has 1 aromatic carbocycles. The van der Waals surface area contributed by atoms with E-state index < -0.39 is 0 Å². The van der Waals surface area contributed by atoms with Gasteiger partial charge in [0.05, 0.1) is 5.56 Å². The lowest BCUT2D eigenvalue weighted by Gasteiger charge is -2.13. The van der Waals surface area contributed by atoms with Crippen LogP contribution in [0.4, 0.5) is 5.82 Å². The van der Waals surface area contributed by atoms with Crippen molar-refractivity contribution in [3.63, 3.8) is 0 Å². The molecule has 1 unspecified atom stereocenters. The van der Waals surface area contributed by atoms with E-state index in [2.05, 4.69) is 34.8 Å². The number of pyridine rings is 1. The average molecular weight is 270 g/mol. The molecule has 104 valence electrons. The Labute approximate surface area is 118 Å². The molecule has 2 rings (SSSR count). The maximum absolute atomic E-state index is 12.0. The molecule has 1 atom stereocenters. The van der Waals surface area contributed by atoms with Gasteiger partial charge in [-0.05, 0) is 23.6 Å². The van der Waals surface area contributed by atoms with Gasteiger partial charge in [0.15, 0.2) is 0 Å². The second-order valence-corrected chi connectivity index (χ2v) is 4.60. The van der Waals surface area contributed by atoms with Gasteiger partial charge in [-0.1, -0.05) is 37.3 Å². The minimum atomic E-state index is -0.135. The SMILES string of the molecule is CC(CNC(=O)c1ccc(NN)nc1)c1ccccc1. The Balaban J connectivity index is 1.91. The molecule has 0 saturated heterocycles. The lowest BCUT2D eigenvalue weighted by molar-refractivity contribution is 0.0951. The van der Waals surface area contributed by atoms with Gasteiger partial charge < -0.3 is 10.7 Å². The molecular weight excluding hydrogens is 252 g/mol. The molecule has 0 radical (unpaired) electrons. The molecule has 0 saturated carbocycles. The second kappa shape index (κ2) is 6.68. The van der Waals surface area contributed by atoms with Crippen molar-refractivity contribution in [1.29, 1.82) is 0 Å². The maximum atomic E-state index is 12.0. The zero-order chi connectivity index (χ0) is 14.4. The second-order valence-electron chi connectivity index (χ2n) is 4.60. The number of hydrogen-bond acceptors (Lipinski definition) is 4. The zero-order valence-electron chi connectivity index (χ0n) is 11.3. The molecule has 1 heterocycles. The third-order valence-electron chi connectivity index (χ3n) is 3.11. The van der Waals surface area contributed by atoms with Gasteiger partial charge in [0.25, 0.3) is 5.91 Å². The van der Waals surface area contributed by atoms with Crippen molar-refractivity contribution in [2.75, 3.05) is 12.0 Å². The Morgan fingerprint density at radius 1 is 1.25 bits per heavy atom. The molecule has 2 aromatic rings. The first-order valence-corrected chi connectivity index (χ1v) is 6.46. The third kappa shape index (κ3) is 3.55. The highest BCUT2D eigenvalue weighted by atomic mass is 16.1. The molecule has 0 aliphatic heterocycles. The van der Waals surface area contributed by atoms with E-state index in [9.17, 15) is 4.79 Å². The average Bonchev–Trinajstić information content (AvgIpc) is 2.53. The van der Waals surface area contributed by atoms with Crippen molar-refractivity contribution in [3.8, 4) is 0 Å². The van der Waals surface area contributed by atoms with Crippen molar-refractivity contribution < 1.29 is 4.79 Å². The largest absolute Gasteiger partial charge is 0.351 e. The van der Waals surface area contributed by atoms with Crippen LogP contribution in [0.1, 0.15) is 28.8 Å². The summed E-state index contributed by atoms with van der Waals surface area (Å²) in [5.74, 6) is 5.88. The molecule has 20 heavy (non-hydrogen) atoms. The quantitative estimate of drug-likeness (QED) is 0.572. The summed E-state index contributed by atoms with van der Waals surface area (Å²) in [6.45, 7) is 2.66. The number of carbonyl (C=O) groups is 1. The number of benzene rings is 1. The summed E-state index contributed by atoms with van der Waals surface area (Å²) in [4.78, 5) is 16.0. The van der Waals surface area contributed by atoms with Gasteiger partial charge in [-0.2, -0.15) is 0 Å². The molecular formula is C15H18N4O. The Morgan fingerprint density at radius 2 is 2.00 bits per heavy atom. The highest BCUT2D eigenvalue weighted by Crippen LogP contribution is 2.13. The van der Waals surface area contributed by atoms with E-state index in [1.807, 2.05) is 18.2 Å². The van der Waals surface area contributed by atoms with Crippen molar-refractivity contribution in [2.45, 2.75) is 12.8 Å². The summed E-state index contributed by atoms with van der Waals surface area (Å²) in [6, 6.07) is 13.4. The lowest BCUT2D eigenvalue weighted by atomic mass is 10.0. The molecule has 1 aromatic heterocycles. The van der Waals surface area contributed by atoms with Crippen LogP contribution in [-0.2, 0) is 0 Å². The van der Waals surface area contributed by atoms with Crippen LogP contribution in [0.3, 0.4) is 0 Å². The van der Waals surface area contributed by atoms with E-state index >= 15 is 0 Å². The lowest BCUT2D eigenvalue weighted by Crippen LogP contribution is -2.27. The summed E-state index contributed by atoms with van der Waals surface area (Å²) in [6.07, 6.45) is 1.50. The Bertz CT molecular complexity index is 554. The zero-order valence-corrected chi connectivity index (χ0v) is 11.3. The highest BCUT2D eigenvalue weighted by Gasteiger charge is 2.09. The molecule has 5 nitrogen and oxygen atoms in total. The number of hydrazine groups is 1. The first-order valence-electron chi connectivity index (χ1n) is 6.46. The van der Waals surface area contributed by atoms with Gasteiger partial charge >= 0.3 is 0 Å². The number of anilines is 1. The summed E-state index contributed by atoms with van der Waals surface area (Å²) >= 11 is 0. The number of hydrogen-bond donors (Lipinski definition) is 3. The topological polar surface area (TPSA) is 80.0 Å². The van der Waals surface area contributed by atoms with E-state index in [-0.39, 0.29) is 11.8 Å². The van der Waals surface area contributed by atoms with Crippen LogP contribution >= 0.6 is 0 Å². The van der Waals surface area contributed by atoms with E-state index in [0.29, 0.717) is 17.9 Å². The Hall–Kier alpha value is -2.40. The number of amides is 1.